The molecule has 2 aromatic heterocycles. The van der Waals surface area contributed by atoms with Crippen LogP contribution in [0.1, 0.15) is 18.6 Å². The molecule has 0 aliphatic carbocycles. The van der Waals surface area contributed by atoms with Crippen LogP contribution in [-0.2, 0) is 13.0 Å². The van der Waals surface area contributed by atoms with Crippen LogP contribution in [0.4, 0.5) is 5.82 Å². The second-order valence-corrected chi connectivity index (χ2v) is 3.22. The van der Waals surface area contributed by atoms with Crippen molar-refractivity contribution < 1.29 is 0 Å². The van der Waals surface area contributed by atoms with E-state index in [1.807, 2.05) is 10.8 Å². The van der Waals surface area contributed by atoms with Gasteiger partial charge < -0.3 is 10.3 Å². The molecule has 5 heteroatoms. The monoisotopic (exact) mass is 203 g/mol. The number of nitrogen functional groups attached to an aromatic ring is 1. The molecule has 0 aliphatic rings. The molecule has 0 atom stereocenters. The zero-order chi connectivity index (χ0) is 10.7. The van der Waals surface area contributed by atoms with Crippen molar-refractivity contribution in [3.8, 4) is 0 Å². The summed E-state index contributed by atoms with van der Waals surface area (Å²) in [4.78, 5) is 12.5. The minimum atomic E-state index is 0.498. The van der Waals surface area contributed by atoms with Crippen LogP contribution in [0.15, 0.2) is 24.7 Å². The summed E-state index contributed by atoms with van der Waals surface area (Å²) < 4.78 is 2.02. The lowest BCUT2D eigenvalue weighted by Crippen LogP contribution is -2.07. The van der Waals surface area contributed by atoms with Gasteiger partial charge in [0, 0.05) is 25.0 Å². The third-order valence-corrected chi connectivity index (χ3v) is 2.16. The highest BCUT2D eigenvalue weighted by atomic mass is 15.1. The van der Waals surface area contributed by atoms with Crippen molar-refractivity contribution in [2.75, 3.05) is 5.73 Å². The first-order valence-corrected chi connectivity index (χ1v) is 4.87. The van der Waals surface area contributed by atoms with E-state index >= 15 is 0 Å². The molecule has 0 bridgehead atoms. The number of anilines is 1. The third kappa shape index (κ3) is 2.12. The van der Waals surface area contributed by atoms with Crippen LogP contribution >= 0.6 is 0 Å². The fourth-order valence-electron chi connectivity index (χ4n) is 1.44. The van der Waals surface area contributed by atoms with Gasteiger partial charge in [0.15, 0.2) is 0 Å². The molecule has 0 radical (unpaired) electrons. The first-order valence-electron chi connectivity index (χ1n) is 4.87. The SMILES string of the molecule is CCc1nccn1Cc1nccc(N)n1. The molecule has 0 aliphatic heterocycles. The van der Waals surface area contributed by atoms with Gasteiger partial charge in [-0.15, -0.1) is 0 Å². The zero-order valence-electron chi connectivity index (χ0n) is 8.59. The number of hydrogen-bond acceptors (Lipinski definition) is 4. The first kappa shape index (κ1) is 9.64. The maximum Gasteiger partial charge on any atom is 0.150 e. The van der Waals surface area contributed by atoms with E-state index in [-0.39, 0.29) is 0 Å². The second kappa shape index (κ2) is 4.08. The molecule has 0 spiro atoms. The highest BCUT2D eigenvalue weighted by Crippen LogP contribution is 2.03. The Balaban J connectivity index is 2.22. The van der Waals surface area contributed by atoms with Crippen LogP contribution in [0.25, 0.3) is 0 Å². The summed E-state index contributed by atoms with van der Waals surface area (Å²) >= 11 is 0. The lowest BCUT2D eigenvalue weighted by Gasteiger charge is -2.05. The van der Waals surface area contributed by atoms with Crippen LogP contribution in [0.2, 0.25) is 0 Å². The molecule has 0 aromatic carbocycles. The largest absolute Gasteiger partial charge is 0.384 e. The summed E-state index contributed by atoms with van der Waals surface area (Å²) in [6.07, 6.45) is 6.27. The Morgan fingerprint density at radius 3 is 2.93 bits per heavy atom. The van der Waals surface area contributed by atoms with Crippen LogP contribution in [-0.4, -0.2) is 19.5 Å². The van der Waals surface area contributed by atoms with Gasteiger partial charge in [-0.2, -0.15) is 0 Å². The van der Waals surface area contributed by atoms with Crippen molar-refractivity contribution in [1.82, 2.24) is 19.5 Å². The van der Waals surface area contributed by atoms with Crippen molar-refractivity contribution in [2.45, 2.75) is 19.9 Å². The van der Waals surface area contributed by atoms with E-state index in [9.17, 15) is 0 Å². The standard InChI is InChI=1S/C10H13N5/c1-2-10-13-5-6-15(10)7-9-12-4-3-8(11)14-9/h3-6H,2,7H2,1H3,(H2,11,12,14). The smallest absolute Gasteiger partial charge is 0.150 e. The lowest BCUT2D eigenvalue weighted by molar-refractivity contribution is 0.697. The Morgan fingerprint density at radius 2 is 2.20 bits per heavy atom. The van der Waals surface area contributed by atoms with Crippen LogP contribution in [0, 0.1) is 0 Å². The van der Waals surface area contributed by atoms with E-state index in [2.05, 4.69) is 21.9 Å². The van der Waals surface area contributed by atoms with E-state index in [4.69, 9.17) is 5.73 Å². The maximum absolute atomic E-state index is 5.58. The molecule has 2 N–H and O–H groups in total. The fourth-order valence-corrected chi connectivity index (χ4v) is 1.44. The Kier molecular flexibility index (Phi) is 2.62. The normalized spacial score (nSPS) is 10.5. The average Bonchev–Trinajstić information content (AvgIpc) is 2.65. The van der Waals surface area contributed by atoms with Crippen LogP contribution in [0.5, 0.6) is 0 Å². The van der Waals surface area contributed by atoms with E-state index in [0.717, 1.165) is 12.2 Å². The minimum absolute atomic E-state index is 0.498. The summed E-state index contributed by atoms with van der Waals surface area (Å²) in [6.45, 7) is 2.69. The van der Waals surface area contributed by atoms with Crippen LogP contribution < -0.4 is 5.73 Å². The van der Waals surface area contributed by atoms with E-state index < -0.39 is 0 Å². The Morgan fingerprint density at radius 1 is 1.33 bits per heavy atom. The van der Waals surface area contributed by atoms with Gasteiger partial charge in [-0.05, 0) is 6.07 Å². The molecule has 2 heterocycles. The quantitative estimate of drug-likeness (QED) is 0.803. The average molecular weight is 203 g/mol. The van der Waals surface area contributed by atoms with Gasteiger partial charge in [-0.3, -0.25) is 0 Å². The Bertz CT molecular complexity index is 449. The molecular formula is C10H13N5. The van der Waals surface area contributed by atoms with Gasteiger partial charge in [0.2, 0.25) is 0 Å². The predicted octanol–water partition coefficient (Wildman–Crippen LogP) is 0.866. The molecule has 0 amide bonds. The van der Waals surface area contributed by atoms with Gasteiger partial charge in [-0.1, -0.05) is 6.92 Å². The highest BCUT2D eigenvalue weighted by Gasteiger charge is 2.03. The van der Waals surface area contributed by atoms with Gasteiger partial charge >= 0.3 is 0 Å². The first-order chi connectivity index (χ1) is 7.29. The van der Waals surface area contributed by atoms with Gasteiger partial charge in [0.05, 0.1) is 6.54 Å². The summed E-state index contributed by atoms with van der Waals surface area (Å²) in [5, 5.41) is 0. The fraction of sp³-hybridized carbons (Fsp3) is 0.300. The van der Waals surface area contributed by atoms with E-state index in [0.29, 0.717) is 18.2 Å². The molecule has 5 nitrogen and oxygen atoms in total. The van der Waals surface area contributed by atoms with Gasteiger partial charge in [0.25, 0.3) is 0 Å². The number of hydrogen-bond donors (Lipinski definition) is 1. The van der Waals surface area contributed by atoms with Crippen molar-refractivity contribution >= 4 is 5.82 Å². The molecule has 0 saturated heterocycles. The van der Waals surface area contributed by atoms with Crippen molar-refractivity contribution in [2.24, 2.45) is 0 Å². The summed E-state index contributed by atoms with van der Waals surface area (Å²) in [5.74, 6) is 2.24. The molecule has 78 valence electrons. The van der Waals surface area contributed by atoms with E-state index in [1.54, 1.807) is 18.5 Å². The molecule has 0 unspecified atom stereocenters. The summed E-state index contributed by atoms with van der Waals surface area (Å²) in [6, 6.07) is 1.68. The third-order valence-electron chi connectivity index (χ3n) is 2.16. The number of nitrogens with two attached hydrogens (primary N) is 1. The Labute approximate surface area is 88.0 Å². The summed E-state index contributed by atoms with van der Waals surface area (Å²) in [7, 11) is 0. The predicted molar refractivity (Wildman–Crippen MR) is 57.2 cm³/mol. The summed E-state index contributed by atoms with van der Waals surface area (Å²) in [5.41, 5.74) is 5.58. The maximum atomic E-state index is 5.58. The van der Waals surface area contributed by atoms with Gasteiger partial charge in [-0.25, -0.2) is 15.0 Å². The molecule has 2 aromatic rings. The molecular weight excluding hydrogens is 190 g/mol. The van der Waals surface area contributed by atoms with Crippen molar-refractivity contribution in [3.05, 3.63) is 36.3 Å². The number of rotatable bonds is 3. The molecule has 2 rings (SSSR count). The molecule has 15 heavy (non-hydrogen) atoms. The van der Waals surface area contributed by atoms with Crippen molar-refractivity contribution in [1.29, 1.82) is 0 Å². The minimum Gasteiger partial charge on any atom is -0.384 e. The zero-order valence-corrected chi connectivity index (χ0v) is 8.59. The number of aryl methyl sites for hydroxylation is 1. The lowest BCUT2D eigenvalue weighted by atomic mass is 10.4. The molecule has 0 fully saturated rings. The second-order valence-electron chi connectivity index (χ2n) is 3.22. The highest BCUT2D eigenvalue weighted by molar-refractivity contribution is 5.25. The van der Waals surface area contributed by atoms with Gasteiger partial charge in [0.1, 0.15) is 17.5 Å². The van der Waals surface area contributed by atoms with Crippen molar-refractivity contribution in [3.63, 3.8) is 0 Å². The molecule has 0 saturated carbocycles. The van der Waals surface area contributed by atoms with Crippen LogP contribution in [0.3, 0.4) is 0 Å². The number of imidazole rings is 1. The number of nitrogens with zero attached hydrogens (tertiary/aromatic N) is 4. The Hall–Kier alpha value is -1.91. The van der Waals surface area contributed by atoms with E-state index in [1.165, 1.54) is 0 Å². The number of aromatic nitrogens is 4. The topological polar surface area (TPSA) is 69.6 Å².